The van der Waals surface area contributed by atoms with Crippen LogP contribution in [-0.2, 0) is 4.74 Å². The van der Waals surface area contributed by atoms with Gasteiger partial charge in [0, 0.05) is 12.7 Å². The smallest absolute Gasteiger partial charge is 0.412 e. The van der Waals surface area contributed by atoms with E-state index in [-0.39, 0.29) is 12.1 Å². The molecule has 1 unspecified atom stereocenters. The molecule has 3 N–H and O–H groups in total. The lowest BCUT2D eigenvalue weighted by Gasteiger charge is -2.20. The van der Waals surface area contributed by atoms with E-state index in [0.717, 1.165) is 5.56 Å². The molecule has 6 heteroatoms. The Kier molecular flexibility index (Phi) is 5.58. The second kappa shape index (κ2) is 6.97. The highest BCUT2D eigenvalue weighted by atomic mass is 16.6. The number of carbonyl (C=O) groups is 2. The number of hydrogen-bond acceptors (Lipinski definition) is 3. The molecule has 1 atom stereocenters. The number of urea groups is 1. The van der Waals surface area contributed by atoms with Gasteiger partial charge in [-0.05, 0) is 45.4 Å². The first-order chi connectivity index (χ1) is 9.71. The summed E-state index contributed by atoms with van der Waals surface area (Å²) in [6, 6.07) is 6.81. The average molecular weight is 293 g/mol. The highest BCUT2D eigenvalue weighted by Crippen LogP contribution is 2.18. The van der Waals surface area contributed by atoms with Gasteiger partial charge in [-0.15, -0.1) is 0 Å². The molecule has 6 nitrogen and oxygen atoms in total. The maximum absolute atomic E-state index is 11.7. The van der Waals surface area contributed by atoms with E-state index in [1.54, 1.807) is 40.0 Å². The molecule has 116 valence electrons. The van der Waals surface area contributed by atoms with Crippen LogP contribution in [-0.4, -0.2) is 24.8 Å². The summed E-state index contributed by atoms with van der Waals surface area (Å²) in [6.45, 7) is 7.27. The number of benzene rings is 1. The lowest BCUT2D eigenvalue weighted by molar-refractivity contribution is 0.0636. The molecule has 1 aromatic carbocycles. The molecule has 0 aliphatic rings. The van der Waals surface area contributed by atoms with Crippen LogP contribution in [0.5, 0.6) is 0 Å². The first-order valence-corrected chi connectivity index (χ1v) is 6.79. The molecule has 0 heterocycles. The summed E-state index contributed by atoms with van der Waals surface area (Å²) in [5, 5.41) is 7.94. The number of rotatable bonds is 3. The van der Waals surface area contributed by atoms with E-state index < -0.39 is 11.7 Å². The van der Waals surface area contributed by atoms with Gasteiger partial charge < -0.3 is 15.4 Å². The van der Waals surface area contributed by atoms with Gasteiger partial charge in [0.1, 0.15) is 5.60 Å². The van der Waals surface area contributed by atoms with E-state index in [1.807, 2.05) is 19.1 Å². The third kappa shape index (κ3) is 6.16. The lowest BCUT2D eigenvalue weighted by atomic mass is 10.1. The SMILES string of the molecule is CNC(=O)NC(C)c1cccc(NC(=O)OC(C)(C)C)c1. The normalized spacial score (nSPS) is 12.2. The minimum Gasteiger partial charge on any atom is -0.444 e. The molecule has 0 spiro atoms. The summed E-state index contributed by atoms with van der Waals surface area (Å²) in [5.74, 6) is 0. The molecule has 0 radical (unpaired) electrons. The Labute approximate surface area is 125 Å². The highest BCUT2D eigenvalue weighted by molar-refractivity contribution is 5.85. The molecule has 0 aromatic heterocycles. The minimum atomic E-state index is -0.546. The molecule has 1 aromatic rings. The van der Waals surface area contributed by atoms with Crippen molar-refractivity contribution in [3.05, 3.63) is 29.8 Å². The van der Waals surface area contributed by atoms with Crippen LogP contribution < -0.4 is 16.0 Å². The van der Waals surface area contributed by atoms with Gasteiger partial charge in [-0.1, -0.05) is 12.1 Å². The van der Waals surface area contributed by atoms with Gasteiger partial charge >= 0.3 is 12.1 Å². The summed E-state index contributed by atoms with van der Waals surface area (Å²) in [6.07, 6.45) is -0.508. The van der Waals surface area contributed by atoms with Crippen molar-refractivity contribution >= 4 is 17.8 Å². The molecule has 0 saturated carbocycles. The van der Waals surface area contributed by atoms with Crippen LogP contribution in [0.3, 0.4) is 0 Å². The molecular weight excluding hydrogens is 270 g/mol. The maximum Gasteiger partial charge on any atom is 0.412 e. The van der Waals surface area contributed by atoms with Gasteiger partial charge in [-0.25, -0.2) is 9.59 Å². The van der Waals surface area contributed by atoms with Crippen molar-refractivity contribution in [3.8, 4) is 0 Å². The second-order valence-corrected chi connectivity index (χ2v) is 5.70. The molecule has 21 heavy (non-hydrogen) atoms. The monoisotopic (exact) mass is 293 g/mol. The van der Waals surface area contributed by atoms with E-state index in [1.165, 1.54) is 0 Å². The third-order valence-electron chi connectivity index (χ3n) is 2.61. The molecule has 0 saturated heterocycles. The van der Waals surface area contributed by atoms with Crippen LogP contribution >= 0.6 is 0 Å². The predicted octanol–water partition coefficient (Wildman–Crippen LogP) is 3.02. The Bertz CT molecular complexity index is 509. The molecule has 0 bridgehead atoms. The van der Waals surface area contributed by atoms with Crippen molar-refractivity contribution in [1.29, 1.82) is 0 Å². The van der Waals surface area contributed by atoms with Gasteiger partial charge in [-0.3, -0.25) is 5.32 Å². The van der Waals surface area contributed by atoms with Crippen LogP contribution in [0.1, 0.15) is 39.3 Å². The highest BCUT2D eigenvalue weighted by Gasteiger charge is 2.16. The number of ether oxygens (including phenoxy) is 1. The zero-order valence-electron chi connectivity index (χ0n) is 13.1. The van der Waals surface area contributed by atoms with Gasteiger partial charge in [0.15, 0.2) is 0 Å². The standard InChI is InChI=1S/C15H23N3O3/c1-10(17-13(19)16-5)11-7-6-8-12(9-11)18-14(20)21-15(2,3)4/h6-10H,1-5H3,(H,18,20)(H2,16,17,19). The summed E-state index contributed by atoms with van der Waals surface area (Å²) < 4.78 is 5.19. The van der Waals surface area contributed by atoms with Crippen molar-refractivity contribution in [1.82, 2.24) is 10.6 Å². The number of carbonyl (C=O) groups excluding carboxylic acids is 2. The van der Waals surface area contributed by atoms with Crippen molar-refractivity contribution < 1.29 is 14.3 Å². The Balaban J connectivity index is 2.72. The topological polar surface area (TPSA) is 79.5 Å². The minimum absolute atomic E-state index is 0.176. The summed E-state index contributed by atoms with van der Waals surface area (Å²) in [4.78, 5) is 23.0. The summed E-state index contributed by atoms with van der Waals surface area (Å²) in [7, 11) is 1.56. The van der Waals surface area contributed by atoms with Crippen molar-refractivity contribution in [3.63, 3.8) is 0 Å². The van der Waals surface area contributed by atoms with E-state index >= 15 is 0 Å². The Hall–Kier alpha value is -2.24. The quantitative estimate of drug-likeness (QED) is 0.801. The van der Waals surface area contributed by atoms with Gasteiger partial charge in [0.2, 0.25) is 0 Å². The van der Waals surface area contributed by atoms with Crippen molar-refractivity contribution in [2.75, 3.05) is 12.4 Å². The number of hydrogen-bond donors (Lipinski definition) is 3. The van der Waals surface area contributed by atoms with Crippen LogP contribution in [0.25, 0.3) is 0 Å². The van der Waals surface area contributed by atoms with Crippen LogP contribution in [0.4, 0.5) is 15.3 Å². The average Bonchev–Trinajstić information content (AvgIpc) is 2.36. The van der Waals surface area contributed by atoms with E-state index in [4.69, 9.17) is 4.74 Å². The number of anilines is 1. The predicted molar refractivity (Wildman–Crippen MR) is 82.3 cm³/mol. The number of nitrogens with one attached hydrogen (secondary N) is 3. The molecule has 0 aliphatic heterocycles. The molecule has 0 aliphatic carbocycles. The van der Waals surface area contributed by atoms with E-state index in [9.17, 15) is 9.59 Å². The van der Waals surface area contributed by atoms with Gasteiger partial charge in [0.25, 0.3) is 0 Å². The summed E-state index contributed by atoms with van der Waals surface area (Å²) >= 11 is 0. The third-order valence-corrected chi connectivity index (χ3v) is 2.61. The van der Waals surface area contributed by atoms with E-state index in [0.29, 0.717) is 5.69 Å². The van der Waals surface area contributed by atoms with Crippen LogP contribution in [0.15, 0.2) is 24.3 Å². The second-order valence-electron chi connectivity index (χ2n) is 5.70. The van der Waals surface area contributed by atoms with Crippen LogP contribution in [0, 0.1) is 0 Å². The number of amides is 3. The fraction of sp³-hybridized carbons (Fsp3) is 0.467. The fourth-order valence-electron chi connectivity index (χ4n) is 1.66. The van der Waals surface area contributed by atoms with Crippen molar-refractivity contribution in [2.24, 2.45) is 0 Å². The fourth-order valence-corrected chi connectivity index (χ4v) is 1.66. The lowest BCUT2D eigenvalue weighted by Crippen LogP contribution is -2.34. The first-order valence-electron chi connectivity index (χ1n) is 6.79. The Morgan fingerprint density at radius 3 is 2.48 bits per heavy atom. The Morgan fingerprint density at radius 2 is 1.90 bits per heavy atom. The Morgan fingerprint density at radius 1 is 1.24 bits per heavy atom. The first kappa shape index (κ1) is 16.8. The van der Waals surface area contributed by atoms with Gasteiger partial charge in [0.05, 0.1) is 6.04 Å². The largest absolute Gasteiger partial charge is 0.444 e. The van der Waals surface area contributed by atoms with Crippen molar-refractivity contribution in [2.45, 2.75) is 39.3 Å². The maximum atomic E-state index is 11.7. The molecular formula is C15H23N3O3. The zero-order chi connectivity index (χ0) is 16.0. The zero-order valence-corrected chi connectivity index (χ0v) is 13.1. The molecule has 0 fully saturated rings. The summed E-state index contributed by atoms with van der Waals surface area (Å²) in [5.41, 5.74) is 0.954. The molecule has 3 amide bonds. The van der Waals surface area contributed by atoms with E-state index in [2.05, 4.69) is 16.0 Å². The molecule has 1 rings (SSSR count). The van der Waals surface area contributed by atoms with Gasteiger partial charge in [-0.2, -0.15) is 0 Å². The van der Waals surface area contributed by atoms with Crippen LogP contribution in [0.2, 0.25) is 0 Å².